The van der Waals surface area contributed by atoms with Gasteiger partial charge in [-0.05, 0) is 30.3 Å². The van der Waals surface area contributed by atoms with E-state index in [4.69, 9.17) is 10.5 Å². The Kier molecular flexibility index (Phi) is 3.32. The summed E-state index contributed by atoms with van der Waals surface area (Å²) >= 11 is 0. The third kappa shape index (κ3) is 2.78. The fourth-order valence-corrected chi connectivity index (χ4v) is 1.95. The monoisotopic (exact) mass is 305 g/mol. The maximum Gasteiger partial charge on any atom is 0.418 e. The fourth-order valence-electron chi connectivity index (χ4n) is 1.95. The fraction of sp³-hybridized carbons (Fsp3) is 0.0667. The lowest BCUT2D eigenvalue weighted by molar-refractivity contribution is -0.137. The summed E-state index contributed by atoms with van der Waals surface area (Å²) in [5.74, 6) is 0.0997. The van der Waals surface area contributed by atoms with E-state index in [2.05, 4.69) is 9.97 Å². The Bertz CT molecular complexity index is 834. The zero-order valence-electron chi connectivity index (χ0n) is 11.1. The molecular formula is C15H10F3N3O. The van der Waals surface area contributed by atoms with Crippen molar-refractivity contribution in [2.24, 2.45) is 0 Å². The van der Waals surface area contributed by atoms with Crippen LogP contribution in [0.25, 0.3) is 11.0 Å². The molecule has 0 saturated heterocycles. The number of benzene rings is 2. The summed E-state index contributed by atoms with van der Waals surface area (Å²) in [4.78, 5) is 8.32. The minimum absolute atomic E-state index is 0.00824. The molecular weight excluding hydrogens is 295 g/mol. The predicted molar refractivity (Wildman–Crippen MR) is 75.5 cm³/mol. The van der Waals surface area contributed by atoms with Crippen molar-refractivity contribution >= 4 is 16.7 Å². The lowest BCUT2D eigenvalue weighted by Crippen LogP contribution is -2.08. The summed E-state index contributed by atoms with van der Waals surface area (Å²) in [6, 6.07) is 10.4. The topological polar surface area (TPSA) is 61.0 Å². The summed E-state index contributed by atoms with van der Waals surface area (Å²) in [6.45, 7) is 0. The van der Waals surface area contributed by atoms with Crippen molar-refractivity contribution in [2.75, 3.05) is 5.73 Å². The van der Waals surface area contributed by atoms with Crippen molar-refractivity contribution in [1.29, 1.82) is 0 Å². The molecule has 0 aliphatic carbocycles. The average molecular weight is 305 g/mol. The van der Waals surface area contributed by atoms with Crippen LogP contribution in [0.5, 0.6) is 11.6 Å². The van der Waals surface area contributed by atoms with Gasteiger partial charge in [-0.1, -0.05) is 12.1 Å². The smallest absolute Gasteiger partial charge is 0.418 e. The van der Waals surface area contributed by atoms with E-state index in [9.17, 15) is 13.2 Å². The van der Waals surface area contributed by atoms with Crippen molar-refractivity contribution in [3.63, 3.8) is 0 Å². The minimum Gasteiger partial charge on any atom is -0.437 e. The van der Waals surface area contributed by atoms with Gasteiger partial charge in [0.25, 0.3) is 0 Å². The molecule has 1 aromatic heterocycles. The molecule has 0 bridgehead atoms. The second kappa shape index (κ2) is 5.18. The van der Waals surface area contributed by atoms with Crippen molar-refractivity contribution in [3.05, 3.63) is 54.2 Å². The maximum absolute atomic E-state index is 12.8. The molecule has 0 radical (unpaired) electrons. The molecule has 7 heteroatoms. The number of halogens is 3. The van der Waals surface area contributed by atoms with Gasteiger partial charge in [-0.25, -0.2) is 9.97 Å². The average Bonchev–Trinajstić information content (AvgIpc) is 2.48. The first-order chi connectivity index (χ1) is 10.4. The number of ether oxygens (including phenoxy) is 1. The van der Waals surface area contributed by atoms with Gasteiger partial charge in [0.2, 0.25) is 5.88 Å². The molecule has 0 unspecified atom stereocenters. The summed E-state index contributed by atoms with van der Waals surface area (Å²) in [5, 5.41) is 0. The SMILES string of the molecule is Nc1ccc(Oc2cnc3ccccc3n2)cc1C(F)(F)F. The van der Waals surface area contributed by atoms with Crippen LogP contribution in [0.15, 0.2) is 48.7 Å². The molecule has 0 aliphatic rings. The molecule has 4 nitrogen and oxygen atoms in total. The molecule has 1 heterocycles. The Morgan fingerprint density at radius 2 is 1.73 bits per heavy atom. The molecule has 3 aromatic rings. The van der Waals surface area contributed by atoms with Crippen LogP contribution >= 0.6 is 0 Å². The number of aromatic nitrogens is 2. The van der Waals surface area contributed by atoms with Crippen LogP contribution in [0.2, 0.25) is 0 Å². The van der Waals surface area contributed by atoms with Gasteiger partial charge in [0, 0.05) is 5.69 Å². The molecule has 22 heavy (non-hydrogen) atoms. The zero-order chi connectivity index (χ0) is 15.7. The number of fused-ring (bicyclic) bond motifs is 1. The number of anilines is 1. The second-order valence-corrected chi connectivity index (χ2v) is 4.55. The molecule has 0 atom stereocenters. The highest BCUT2D eigenvalue weighted by Gasteiger charge is 2.33. The van der Waals surface area contributed by atoms with E-state index in [1.54, 1.807) is 18.2 Å². The van der Waals surface area contributed by atoms with Crippen LogP contribution in [0, 0.1) is 0 Å². The number of hydrogen-bond donors (Lipinski definition) is 1. The number of hydrogen-bond acceptors (Lipinski definition) is 4. The Morgan fingerprint density at radius 1 is 1.00 bits per heavy atom. The normalized spacial score (nSPS) is 11.6. The molecule has 2 aromatic carbocycles. The van der Waals surface area contributed by atoms with Crippen LogP contribution in [-0.2, 0) is 6.18 Å². The zero-order valence-corrected chi connectivity index (χ0v) is 11.1. The van der Waals surface area contributed by atoms with Gasteiger partial charge in [0.05, 0.1) is 22.8 Å². The Labute approximate surface area is 123 Å². The lowest BCUT2D eigenvalue weighted by Gasteiger charge is -2.12. The molecule has 3 rings (SSSR count). The standard InChI is InChI=1S/C15H10F3N3O/c16-15(17,18)10-7-9(5-6-11(10)19)22-14-8-20-12-3-1-2-4-13(12)21-14/h1-8H,19H2. The van der Waals surface area contributed by atoms with E-state index >= 15 is 0 Å². The van der Waals surface area contributed by atoms with Crippen LogP contribution in [-0.4, -0.2) is 9.97 Å². The number of rotatable bonds is 2. The first kappa shape index (κ1) is 14.1. The molecule has 0 aliphatic heterocycles. The summed E-state index contributed by atoms with van der Waals surface area (Å²) in [7, 11) is 0. The van der Waals surface area contributed by atoms with Gasteiger partial charge in [0.15, 0.2) is 0 Å². The molecule has 0 spiro atoms. The third-order valence-electron chi connectivity index (χ3n) is 2.98. The van der Waals surface area contributed by atoms with Gasteiger partial charge in [-0.2, -0.15) is 13.2 Å². The predicted octanol–water partition coefficient (Wildman–Crippen LogP) is 4.02. The van der Waals surface area contributed by atoms with E-state index in [1.165, 1.54) is 12.3 Å². The van der Waals surface area contributed by atoms with Crippen molar-refractivity contribution in [1.82, 2.24) is 9.97 Å². The summed E-state index contributed by atoms with van der Waals surface area (Å²) < 4.78 is 43.8. The van der Waals surface area contributed by atoms with Crippen molar-refractivity contribution < 1.29 is 17.9 Å². The molecule has 0 amide bonds. The van der Waals surface area contributed by atoms with Crippen LogP contribution < -0.4 is 10.5 Å². The minimum atomic E-state index is -4.54. The van der Waals surface area contributed by atoms with E-state index in [0.29, 0.717) is 11.0 Å². The van der Waals surface area contributed by atoms with Crippen LogP contribution in [0.4, 0.5) is 18.9 Å². The van der Waals surface area contributed by atoms with Gasteiger partial charge < -0.3 is 10.5 Å². The Balaban J connectivity index is 1.94. The van der Waals surface area contributed by atoms with E-state index in [0.717, 1.165) is 12.1 Å². The molecule has 0 saturated carbocycles. The number of nitrogens with zero attached hydrogens (tertiary/aromatic N) is 2. The highest BCUT2D eigenvalue weighted by molar-refractivity contribution is 5.74. The summed E-state index contributed by atoms with van der Waals surface area (Å²) in [5.41, 5.74) is 5.30. The quantitative estimate of drug-likeness (QED) is 0.726. The highest BCUT2D eigenvalue weighted by atomic mass is 19.4. The third-order valence-corrected chi connectivity index (χ3v) is 2.98. The number of nitrogens with two attached hydrogens (primary N) is 1. The summed E-state index contributed by atoms with van der Waals surface area (Å²) in [6.07, 6.45) is -3.19. The Hall–Kier alpha value is -2.83. The molecule has 0 fully saturated rings. The molecule has 112 valence electrons. The van der Waals surface area contributed by atoms with E-state index in [-0.39, 0.29) is 17.3 Å². The first-order valence-corrected chi connectivity index (χ1v) is 6.30. The van der Waals surface area contributed by atoms with E-state index in [1.807, 2.05) is 6.07 Å². The van der Waals surface area contributed by atoms with Crippen LogP contribution in [0.3, 0.4) is 0 Å². The van der Waals surface area contributed by atoms with Gasteiger partial charge in [0.1, 0.15) is 5.75 Å². The lowest BCUT2D eigenvalue weighted by atomic mass is 10.1. The molecule has 2 N–H and O–H groups in total. The number of alkyl halides is 3. The Morgan fingerprint density at radius 3 is 2.45 bits per heavy atom. The second-order valence-electron chi connectivity index (χ2n) is 4.55. The van der Waals surface area contributed by atoms with E-state index < -0.39 is 11.7 Å². The van der Waals surface area contributed by atoms with Crippen molar-refractivity contribution in [3.8, 4) is 11.6 Å². The van der Waals surface area contributed by atoms with Gasteiger partial charge in [-0.3, -0.25) is 0 Å². The first-order valence-electron chi connectivity index (χ1n) is 6.30. The van der Waals surface area contributed by atoms with Gasteiger partial charge in [-0.15, -0.1) is 0 Å². The number of para-hydroxylation sites is 2. The maximum atomic E-state index is 12.8. The van der Waals surface area contributed by atoms with Crippen LogP contribution in [0.1, 0.15) is 5.56 Å². The van der Waals surface area contributed by atoms with Crippen molar-refractivity contribution in [2.45, 2.75) is 6.18 Å². The number of nitrogen functional groups attached to an aromatic ring is 1. The largest absolute Gasteiger partial charge is 0.437 e. The van der Waals surface area contributed by atoms with Gasteiger partial charge >= 0.3 is 6.18 Å². The highest BCUT2D eigenvalue weighted by Crippen LogP contribution is 2.36.